The number of halogens is 1. The van der Waals surface area contributed by atoms with Gasteiger partial charge < -0.3 is 14.4 Å². The van der Waals surface area contributed by atoms with Crippen LogP contribution in [0.1, 0.15) is 24.8 Å². The fourth-order valence-electron chi connectivity index (χ4n) is 3.16. The molecule has 0 radical (unpaired) electrons. The van der Waals surface area contributed by atoms with Crippen molar-refractivity contribution >= 4 is 22.0 Å². The monoisotopic (exact) mass is 403 g/mol. The molecule has 0 spiro atoms. The first-order chi connectivity index (χ1) is 12.2. The Morgan fingerprint density at radius 2 is 1.88 bits per heavy atom. The maximum Gasteiger partial charge on any atom is 0.409 e. The molecule has 1 amide bonds. The van der Waals surface area contributed by atoms with Crippen LogP contribution in [0, 0.1) is 0 Å². The van der Waals surface area contributed by atoms with E-state index in [4.69, 9.17) is 9.47 Å². The number of nitrogens with zero attached hydrogens (tertiary/aromatic N) is 1. The molecule has 0 aromatic heterocycles. The predicted octanol–water partition coefficient (Wildman–Crippen LogP) is 4.84. The highest BCUT2D eigenvalue weighted by molar-refractivity contribution is 9.10. The Bertz CT molecular complexity index is 690. The van der Waals surface area contributed by atoms with Gasteiger partial charge in [-0.25, -0.2) is 4.79 Å². The summed E-state index contributed by atoms with van der Waals surface area (Å²) in [6, 6.07) is 18.1. The van der Waals surface area contributed by atoms with Crippen LogP contribution in [0.3, 0.4) is 0 Å². The number of benzene rings is 2. The van der Waals surface area contributed by atoms with Gasteiger partial charge in [0.15, 0.2) is 0 Å². The third kappa shape index (κ3) is 4.54. The maximum atomic E-state index is 12.1. The number of likely N-dealkylation sites (tertiary alicyclic amines) is 1. The van der Waals surface area contributed by atoms with E-state index in [0.717, 1.165) is 16.6 Å². The van der Waals surface area contributed by atoms with Crippen LogP contribution in [0.5, 0.6) is 5.75 Å². The van der Waals surface area contributed by atoms with Crippen molar-refractivity contribution < 1.29 is 14.3 Å². The van der Waals surface area contributed by atoms with Gasteiger partial charge in [0.2, 0.25) is 0 Å². The lowest BCUT2D eigenvalue weighted by molar-refractivity contribution is 0.0574. The molecule has 4 nitrogen and oxygen atoms in total. The molecule has 1 aliphatic heterocycles. The number of amides is 1. The fraction of sp³-hybridized carbons (Fsp3) is 0.350. The van der Waals surface area contributed by atoms with Gasteiger partial charge in [-0.3, -0.25) is 0 Å². The number of rotatable bonds is 4. The fourth-order valence-corrected chi connectivity index (χ4v) is 3.42. The minimum atomic E-state index is -0.245. The lowest BCUT2D eigenvalue weighted by Crippen LogP contribution is -2.47. The largest absolute Gasteiger partial charge is 0.490 e. The topological polar surface area (TPSA) is 38.8 Å². The summed E-state index contributed by atoms with van der Waals surface area (Å²) in [6.45, 7) is 3.47. The second-order valence-corrected chi connectivity index (χ2v) is 6.98. The van der Waals surface area contributed by atoms with Crippen molar-refractivity contribution in [1.29, 1.82) is 0 Å². The SMILES string of the molecule is CCOC(=O)N1CC[C@H](Oc2ccc(Br)cc2)[C@@H](c2ccccc2)C1. The molecule has 0 saturated carbocycles. The Kier molecular flexibility index (Phi) is 5.97. The number of carbonyl (C=O) groups excluding carboxylic acids is 1. The average molecular weight is 404 g/mol. The van der Waals surface area contributed by atoms with E-state index in [2.05, 4.69) is 28.1 Å². The van der Waals surface area contributed by atoms with Crippen LogP contribution in [-0.2, 0) is 4.74 Å². The molecule has 0 aliphatic carbocycles. The summed E-state index contributed by atoms with van der Waals surface area (Å²) < 4.78 is 12.5. The van der Waals surface area contributed by atoms with Gasteiger partial charge in [-0.1, -0.05) is 46.3 Å². The zero-order valence-electron chi connectivity index (χ0n) is 14.2. The normalized spacial score (nSPS) is 20.2. The summed E-state index contributed by atoms with van der Waals surface area (Å²) in [7, 11) is 0. The summed E-state index contributed by atoms with van der Waals surface area (Å²) in [5.74, 6) is 0.960. The summed E-state index contributed by atoms with van der Waals surface area (Å²) >= 11 is 3.44. The van der Waals surface area contributed by atoms with Crippen LogP contribution in [0.15, 0.2) is 59.1 Å². The molecule has 0 bridgehead atoms. The third-order valence-corrected chi connectivity index (χ3v) is 4.93. The number of carbonyl (C=O) groups is 1. The second-order valence-electron chi connectivity index (χ2n) is 6.06. The average Bonchev–Trinajstić information content (AvgIpc) is 2.65. The minimum Gasteiger partial charge on any atom is -0.490 e. The van der Waals surface area contributed by atoms with Crippen LogP contribution < -0.4 is 4.74 Å². The van der Waals surface area contributed by atoms with Crippen molar-refractivity contribution in [3.8, 4) is 5.75 Å². The number of hydrogen-bond acceptors (Lipinski definition) is 3. The smallest absolute Gasteiger partial charge is 0.409 e. The van der Waals surface area contributed by atoms with E-state index in [1.165, 1.54) is 5.56 Å². The zero-order chi connectivity index (χ0) is 17.6. The number of ether oxygens (including phenoxy) is 2. The molecule has 5 heteroatoms. The molecule has 0 N–H and O–H groups in total. The van der Waals surface area contributed by atoms with E-state index >= 15 is 0 Å². The molecular formula is C20H22BrNO3. The molecule has 1 heterocycles. The quantitative estimate of drug-likeness (QED) is 0.732. The van der Waals surface area contributed by atoms with Crippen LogP contribution in [0.2, 0.25) is 0 Å². The standard InChI is InChI=1S/C20H22BrNO3/c1-2-24-20(23)22-13-12-19(25-17-10-8-16(21)9-11-17)18(14-22)15-6-4-3-5-7-15/h3-11,18-19H,2,12-14H2,1H3/t18-,19+/m1/s1. The van der Waals surface area contributed by atoms with E-state index in [0.29, 0.717) is 19.7 Å². The molecule has 2 aromatic rings. The van der Waals surface area contributed by atoms with Crippen LogP contribution >= 0.6 is 15.9 Å². The van der Waals surface area contributed by atoms with Gasteiger partial charge in [0.25, 0.3) is 0 Å². The Morgan fingerprint density at radius 1 is 1.16 bits per heavy atom. The highest BCUT2D eigenvalue weighted by Gasteiger charge is 2.34. The molecule has 3 rings (SSSR count). The molecule has 1 fully saturated rings. The highest BCUT2D eigenvalue weighted by atomic mass is 79.9. The highest BCUT2D eigenvalue weighted by Crippen LogP contribution is 2.31. The van der Waals surface area contributed by atoms with Gasteiger partial charge in [0.1, 0.15) is 11.9 Å². The van der Waals surface area contributed by atoms with Crippen LogP contribution in [0.4, 0.5) is 4.79 Å². The maximum absolute atomic E-state index is 12.1. The molecule has 25 heavy (non-hydrogen) atoms. The molecule has 2 aromatic carbocycles. The van der Waals surface area contributed by atoms with Crippen molar-refractivity contribution in [2.24, 2.45) is 0 Å². The van der Waals surface area contributed by atoms with Crippen molar-refractivity contribution in [3.63, 3.8) is 0 Å². The van der Waals surface area contributed by atoms with Gasteiger partial charge in [0.05, 0.1) is 6.61 Å². The Balaban J connectivity index is 1.79. The molecular weight excluding hydrogens is 382 g/mol. The first-order valence-electron chi connectivity index (χ1n) is 8.56. The summed E-state index contributed by atoms with van der Waals surface area (Å²) in [4.78, 5) is 13.9. The number of piperidine rings is 1. The van der Waals surface area contributed by atoms with Gasteiger partial charge >= 0.3 is 6.09 Å². The lowest BCUT2D eigenvalue weighted by Gasteiger charge is -2.38. The van der Waals surface area contributed by atoms with E-state index in [9.17, 15) is 4.79 Å². The Hall–Kier alpha value is -2.01. The van der Waals surface area contributed by atoms with Gasteiger partial charge in [-0.2, -0.15) is 0 Å². The molecule has 1 aliphatic rings. The van der Waals surface area contributed by atoms with Crippen molar-refractivity contribution in [2.75, 3.05) is 19.7 Å². The molecule has 1 saturated heterocycles. The van der Waals surface area contributed by atoms with E-state index < -0.39 is 0 Å². The first kappa shape index (κ1) is 17.8. The van der Waals surface area contributed by atoms with Crippen molar-refractivity contribution in [3.05, 3.63) is 64.6 Å². The molecule has 2 atom stereocenters. The van der Waals surface area contributed by atoms with E-state index in [1.54, 1.807) is 4.90 Å². The molecule has 0 unspecified atom stereocenters. The van der Waals surface area contributed by atoms with Crippen molar-refractivity contribution in [2.45, 2.75) is 25.4 Å². The van der Waals surface area contributed by atoms with Crippen LogP contribution in [0.25, 0.3) is 0 Å². The van der Waals surface area contributed by atoms with Crippen molar-refractivity contribution in [1.82, 2.24) is 4.90 Å². The van der Waals surface area contributed by atoms with Gasteiger partial charge in [-0.05, 0) is 36.8 Å². The summed E-state index contributed by atoms with van der Waals surface area (Å²) in [6.07, 6.45) is 0.550. The Labute approximate surface area is 156 Å². The summed E-state index contributed by atoms with van der Waals surface area (Å²) in [5.41, 5.74) is 1.18. The Morgan fingerprint density at radius 3 is 2.56 bits per heavy atom. The first-order valence-corrected chi connectivity index (χ1v) is 9.35. The van der Waals surface area contributed by atoms with Gasteiger partial charge in [0, 0.05) is 29.9 Å². The minimum absolute atomic E-state index is 0.0225. The second kappa shape index (κ2) is 8.39. The van der Waals surface area contributed by atoms with Crippen LogP contribution in [-0.4, -0.2) is 36.8 Å². The summed E-state index contributed by atoms with van der Waals surface area (Å²) in [5, 5.41) is 0. The van der Waals surface area contributed by atoms with E-state index in [1.807, 2.05) is 49.4 Å². The predicted molar refractivity (Wildman–Crippen MR) is 101 cm³/mol. The zero-order valence-corrected chi connectivity index (χ0v) is 15.8. The molecule has 132 valence electrons. The lowest BCUT2D eigenvalue weighted by atomic mass is 9.88. The van der Waals surface area contributed by atoms with Gasteiger partial charge in [-0.15, -0.1) is 0 Å². The number of hydrogen-bond donors (Lipinski definition) is 0. The third-order valence-electron chi connectivity index (χ3n) is 4.40. The van der Waals surface area contributed by atoms with E-state index in [-0.39, 0.29) is 18.1 Å².